The first-order valence-electron chi connectivity index (χ1n) is 25.1. The van der Waals surface area contributed by atoms with Crippen molar-refractivity contribution in [3.63, 3.8) is 0 Å². The molecule has 0 amide bonds. The zero-order chi connectivity index (χ0) is 48.2. The molecular weight excluding hydrogens is 841 g/mol. The second-order valence-corrected chi connectivity index (χ2v) is 23.3. The summed E-state index contributed by atoms with van der Waals surface area (Å²) in [5, 5.41) is 5.27. The Balaban J connectivity index is 1.14. The molecular formula is C64H66N4O. The van der Waals surface area contributed by atoms with Crippen molar-refractivity contribution in [1.82, 2.24) is 14.8 Å². The van der Waals surface area contributed by atoms with Crippen LogP contribution in [0.5, 0.6) is 11.5 Å². The maximum Gasteiger partial charge on any atom is 0.130 e. The normalized spacial score (nSPS) is 17.1. The van der Waals surface area contributed by atoms with Crippen molar-refractivity contribution in [2.24, 2.45) is 0 Å². The van der Waals surface area contributed by atoms with Crippen LogP contribution >= 0.6 is 0 Å². The Morgan fingerprint density at radius 1 is 0.565 bits per heavy atom. The lowest BCUT2D eigenvalue weighted by Gasteiger charge is -2.47. The van der Waals surface area contributed by atoms with Crippen molar-refractivity contribution in [2.45, 2.75) is 129 Å². The lowest BCUT2D eigenvalue weighted by Crippen LogP contribution is -2.39. The molecule has 69 heavy (non-hydrogen) atoms. The highest BCUT2D eigenvalue weighted by atomic mass is 16.5. The van der Waals surface area contributed by atoms with E-state index in [0.717, 1.165) is 51.1 Å². The van der Waals surface area contributed by atoms with Crippen LogP contribution in [0.4, 0.5) is 17.1 Å². The Bertz CT molecular complexity index is 3150. The van der Waals surface area contributed by atoms with Crippen LogP contribution in [0.2, 0.25) is 0 Å². The minimum Gasteiger partial charge on any atom is -0.457 e. The van der Waals surface area contributed by atoms with Crippen LogP contribution in [-0.4, -0.2) is 14.8 Å². The smallest absolute Gasteiger partial charge is 0.130 e. The predicted octanol–water partition coefficient (Wildman–Crippen LogP) is 16.8. The third-order valence-electron chi connectivity index (χ3n) is 15.5. The second-order valence-electron chi connectivity index (χ2n) is 23.3. The SMILES string of the molecule is Cc1cccc(C)c1-c1cc(Oc2cccc(C3(c4ccccn4)c4cc(C(C)(C)C)ccc4N(c4ccc(C(C)(C)C)cc4)c4ccc(C(C)(C)C)cc43)c2)cc(-n2cc3c(n2)[C@@H]2CC[C@H]3C2)c1. The largest absolute Gasteiger partial charge is 0.457 e. The molecule has 5 nitrogen and oxygen atoms in total. The lowest BCUT2D eigenvalue weighted by molar-refractivity contribution is 0.480. The number of aromatic nitrogens is 3. The molecule has 3 heterocycles. The summed E-state index contributed by atoms with van der Waals surface area (Å²) >= 11 is 0. The van der Waals surface area contributed by atoms with E-state index in [-0.39, 0.29) is 16.2 Å². The van der Waals surface area contributed by atoms with Crippen molar-refractivity contribution in [3.05, 3.63) is 213 Å². The average molecular weight is 907 g/mol. The van der Waals surface area contributed by atoms with Gasteiger partial charge in [-0.2, -0.15) is 5.10 Å². The van der Waals surface area contributed by atoms with Gasteiger partial charge in [-0.25, -0.2) is 4.68 Å². The van der Waals surface area contributed by atoms with E-state index in [4.69, 9.17) is 14.8 Å². The fourth-order valence-electron chi connectivity index (χ4n) is 11.8. The number of benzene rings is 6. The number of aryl methyl sites for hydroxylation is 2. The van der Waals surface area contributed by atoms with Crippen molar-refractivity contribution in [2.75, 3.05) is 4.90 Å². The Morgan fingerprint density at radius 2 is 1.19 bits per heavy atom. The molecule has 1 fully saturated rings. The van der Waals surface area contributed by atoms with E-state index in [9.17, 15) is 0 Å². The lowest BCUT2D eigenvalue weighted by atomic mass is 9.62. The van der Waals surface area contributed by atoms with E-state index in [1.807, 2.05) is 12.3 Å². The summed E-state index contributed by atoms with van der Waals surface area (Å²) in [5.74, 6) is 2.73. The minimum atomic E-state index is -0.837. The Labute approximate surface area is 410 Å². The number of fused-ring (bicyclic) bond motifs is 7. The molecule has 3 aliphatic rings. The van der Waals surface area contributed by atoms with Gasteiger partial charge in [0.05, 0.1) is 33.9 Å². The van der Waals surface area contributed by atoms with E-state index in [0.29, 0.717) is 11.8 Å². The van der Waals surface area contributed by atoms with Crippen molar-refractivity contribution >= 4 is 17.1 Å². The van der Waals surface area contributed by atoms with Crippen LogP contribution in [0, 0.1) is 13.8 Å². The third kappa shape index (κ3) is 7.60. The van der Waals surface area contributed by atoms with Gasteiger partial charge >= 0.3 is 0 Å². The van der Waals surface area contributed by atoms with Crippen LogP contribution < -0.4 is 9.64 Å². The molecule has 348 valence electrons. The van der Waals surface area contributed by atoms with Crippen molar-refractivity contribution < 1.29 is 4.74 Å². The number of rotatable bonds is 7. The number of pyridine rings is 1. The Kier molecular flexibility index (Phi) is 10.5. The molecule has 5 heteroatoms. The van der Waals surface area contributed by atoms with Crippen LogP contribution in [0.15, 0.2) is 152 Å². The molecule has 0 unspecified atom stereocenters. The van der Waals surface area contributed by atoms with Crippen molar-refractivity contribution in [3.8, 4) is 28.3 Å². The van der Waals surface area contributed by atoms with Crippen LogP contribution in [-0.2, 0) is 21.7 Å². The zero-order valence-corrected chi connectivity index (χ0v) is 42.4. The van der Waals surface area contributed by atoms with E-state index >= 15 is 0 Å². The van der Waals surface area contributed by atoms with E-state index in [1.54, 1.807) is 0 Å². The standard InChI is InChI=1S/C64H66N4O/c1-40-16-14-17-41(2)59(40)44-33-50(67-39-53-42-21-22-43(32-42)60(53)66-67)38-52(34-44)69-51-19-15-18-48(35-51)64(58-20-12-13-31-65-58)54-36-46(62(6,7)8)25-29-56(54)68(49-27-23-45(24-28-49)61(3,4)5)57-30-26-47(37-55(57)64)63(9,10)11/h12-20,23-31,33-39,42-43H,21-22,32H2,1-11H3/t42-,43+/m0/s1. The van der Waals surface area contributed by atoms with Gasteiger partial charge in [0.25, 0.3) is 0 Å². The van der Waals surface area contributed by atoms with Gasteiger partial charge in [-0.05, 0) is 177 Å². The number of anilines is 3. The summed E-state index contributed by atoms with van der Waals surface area (Å²) < 4.78 is 9.33. The van der Waals surface area contributed by atoms with Gasteiger partial charge in [0.15, 0.2) is 0 Å². The predicted molar refractivity (Wildman–Crippen MR) is 285 cm³/mol. The van der Waals surface area contributed by atoms with Gasteiger partial charge < -0.3 is 9.64 Å². The second kappa shape index (κ2) is 16.2. The molecule has 1 saturated carbocycles. The summed E-state index contributed by atoms with van der Waals surface area (Å²) in [7, 11) is 0. The van der Waals surface area contributed by atoms with E-state index < -0.39 is 5.41 Å². The Morgan fingerprint density at radius 3 is 1.80 bits per heavy atom. The van der Waals surface area contributed by atoms with Gasteiger partial charge in [-0.3, -0.25) is 4.98 Å². The molecule has 11 rings (SSSR count). The minimum absolute atomic E-state index is 0.0297. The summed E-state index contributed by atoms with van der Waals surface area (Å²) in [4.78, 5) is 7.84. The molecule has 0 saturated heterocycles. The topological polar surface area (TPSA) is 43.2 Å². The molecule has 0 radical (unpaired) electrons. The van der Waals surface area contributed by atoms with Gasteiger partial charge in [0.2, 0.25) is 0 Å². The quantitative estimate of drug-likeness (QED) is 0.160. The summed E-state index contributed by atoms with van der Waals surface area (Å²) in [6.45, 7) is 25.1. The highest BCUT2D eigenvalue weighted by molar-refractivity contribution is 5.90. The number of hydrogen-bond donors (Lipinski definition) is 0. The average Bonchev–Trinajstić information content (AvgIpc) is 4.06. The highest BCUT2D eigenvalue weighted by Gasteiger charge is 2.49. The molecule has 8 aromatic rings. The van der Waals surface area contributed by atoms with E-state index in [1.165, 1.54) is 75.0 Å². The molecule has 2 atom stereocenters. The first-order valence-corrected chi connectivity index (χ1v) is 25.1. The summed E-state index contributed by atoms with van der Waals surface area (Å²) in [5.41, 5.74) is 19.1. The van der Waals surface area contributed by atoms with Gasteiger partial charge in [-0.1, -0.05) is 135 Å². The first kappa shape index (κ1) is 44.8. The summed E-state index contributed by atoms with van der Waals surface area (Å²) in [6.07, 6.45) is 8.00. The van der Waals surface area contributed by atoms with Gasteiger partial charge in [0, 0.05) is 30.1 Å². The van der Waals surface area contributed by atoms with Crippen LogP contribution in [0.25, 0.3) is 16.8 Å². The zero-order valence-electron chi connectivity index (χ0n) is 42.4. The Hall–Kier alpha value is -6.72. The molecule has 1 aliphatic heterocycles. The fraction of sp³-hybridized carbons (Fsp3) is 0.312. The maximum atomic E-state index is 7.22. The summed E-state index contributed by atoms with van der Waals surface area (Å²) in [6, 6.07) is 51.9. The van der Waals surface area contributed by atoms with E-state index in [2.05, 4.69) is 225 Å². The highest BCUT2D eigenvalue weighted by Crippen LogP contribution is 2.59. The van der Waals surface area contributed by atoms with Crippen LogP contribution in [0.3, 0.4) is 0 Å². The first-order chi connectivity index (χ1) is 32.9. The third-order valence-corrected chi connectivity index (χ3v) is 15.5. The molecule has 0 spiro atoms. The molecule has 2 aliphatic carbocycles. The number of ether oxygens (including phenoxy) is 1. The molecule has 2 aromatic heterocycles. The van der Waals surface area contributed by atoms with Gasteiger partial charge in [0.1, 0.15) is 11.5 Å². The fourth-order valence-corrected chi connectivity index (χ4v) is 11.8. The molecule has 6 aromatic carbocycles. The molecule has 0 N–H and O–H groups in total. The molecule has 2 bridgehead atoms. The maximum absolute atomic E-state index is 7.22. The number of hydrogen-bond acceptors (Lipinski definition) is 4. The van der Waals surface area contributed by atoms with Gasteiger partial charge in [-0.15, -0.1) is 0 Å². The number of nitrogens with zero attached hydrogens (tertiary/aromatic N) is 4. The monoisotopic (exact) mass is 907 g/mol. The van der Waals surface area contributed by atoms with Crippen molar-refractivity contribution in [1.29, 1.82) is 0 Å². The van der Waals surface area contributed by atoms with Crippen LogP contribution in [0.1, 0.15) is 155 Å².